The van der Waals surface area contributed by atoms with Gasteiger partial charge >= 0.3 is 0 Å². The molecule has 0 saturated heterocycles. The number of rotatable bonds is 2. The van der Waals surface area contributed by atoms with Gasteiger partial charge in [0, 0.05) is 16.3 Å². The van der Waals surface area contributed by atoms with E-state index in [4.69, 9.17) is 5.26 Å². The van der Waals surface area contributed by atoms with E-state index in [-0.39, 0.29) is 0 Å². The van der Waals surface area contributed by atoms with Gasteiger partial charge in [-0.25, -0.2) is 9.97 Å². The predicted molar refractivity (Wildman–Crippen MR) is 71.5 cm³/mol. The van der Waals surface area contributed by atoms with Crippen molar-refractivity contribution >= 4 is 11.8 Å². The summed E-state index contributed by atoms with van der Waals surface area (Å²) in [4.78, 5) is 9.96. The van der Waals surface area contributed by atoms with E-state index in [9.17, 15) is 0 Å². The molecule has 0 amide bonds. The van der Waals surface area contributed by atoms with Crippen molar-refractivity contribution in [2.75, 3.05) is 0 Å². The van der Waals surface area contributed by atoms with Crippen molar-refractivity contribution in [2.24, 2.45) is 0 Å². The quantitative estimate of drug-likeness (QED) is 0.771. The van der Waals surface area contributed by atoms with Crippen LogP contribution in [-0.2, 0) is 0 Å². The van der Waals surface area contributed by atoms with Crippen LogP contribution < -0.4 is 0 Å². The summed E-state index contributed by atoms with van der Waals surface area (Å²) < 4.78 is 0. The maximum atomic E-state index is 8.74. The fourth-order valence-corrected chi connectivity index (χ4v) is 2.34. The van der Waals surface area contributed by atoms with Crippen LogP contribution in [0.4, 0.5) is 0 Å². The zero-order valence-electron chi connectivity index (χ0n) is 10.6. The highest BCUT2D eigenvalue weighted by Gasteiger charge is 2.06. The van der Waals surface area contributed by atoms with Gasteiger partial charge in [0.25, 0.3) is 0 Å². The second kappa shape index (κ2) is 5.19. The molecule has 0 aliphatic heterocycles. The molecule has 2 rings (SSSR count). The first-order valence-electron chi connectivity index (χ1n) is 5.60. The molecule has 18 heavy (non-hydrogen) atoms. The van der Waals surface area contributed by atoms with E-state index in [1.165, 1.54) is 11.8 Å². The molecule has 1 aromatic heterocycles. The summed E-state index contributed by atoms with van der Waals surface area (Å²) in [7, 11) is 0. The summed E-state index contributed by atoms with van der Waals surface area (Å²) in [6.45, 7) is 6.01. The van der Waals surface area contributed by atoms with Gasteiger partial charge in [-0.2, -0.15) is 5.26 Å². The molecule has 0 bridgehead atoms. The molecule has 0 radical (unpaired) electrons. The van der Waals surface area contributed by atoms with Crippen LogP contribution in [0.3, 0.4) is 0 Å². The Morgan fingerprint density at radius 3 is 2.06 bits per heavy atom. The van der Waals surface area contributed by atoms with Crippen LogP contribution in [0.25, 0.3) is 0 Å². The third-order valence-electron chi connectivity index (χ3n) is 2.80. The second-order valence-corrected chi connectivity index (χ2v) is 5.08. The highest BCUT2D eigenvalue weighted by atomic mass is 32.2. The van der Waals surface area contributed by atoms with E-state index in [1.54, 1.807) is 12.1 Å². The minimum atomic E-state index is 0.663. The van der Waals surface area contributed by atoms with E-state index in [0.717, 1.165) is 27.0 Å². The molecule has 1 aromatic carbocycles. The fraction of sp³-hybridized carbons (Fsp3) is 0.214. The minimum absolute atomic E-state index is 0.663. The molecule has 2 aromatic rings. The predicted octanol–water partition coefficient (Wildman–Crippen LogP) is 3.42. The minimum Gasteiger partial charge on any atom is -0.227 e. The lowest BCUT2D eigenvalue weighted by Gasteiger charge is -2.06. The molecule has 90 valence electrons. The van der Waals surface area contributed by atoms with Gasteiger partial charge in [0.15, 0.2) is 5.16 Å². The lowest BCUT2D eigenvalue weighted by Crippen LogP contribution is -1.97. The highest BCUT2D eigenvalue weighted by molar-refractivity contribution is 7.99. The summed E-state index contributed by atoms with van der Waals surface area (Å²) in [5.41, 5.74) is 3.83. The van der Waals surface area contributed by atoms with Crippen LogP contribution >= 0.6 is 11.8 Å². The number of aromatic nitrogens is 2. The lowest BCUT2D eigenvalue weighted by molar-refractivity contribution is 0.881. The molecule has 4 heteroatoms. The number of benzene rings is 1. The highest BCUT2D eigenvalue weighted by Crippen LogP contribution is 2.26. The molecule has 0 N–H and O–H groups in total. The van der Waals surface area contributed by atoms with Crippen LogP contribution in [0.15, 0.2) is 34.3 Å². The molecule has 1 heterocycles. The number of hydrogen-bond donors (Lipinski definition) is 0. The van der Waals surface area contributed by atoms with Gasteiger partial charge in [-0.05, 0) is 62.4 Å². The first-order valence-corrected chi connectivity index (χ1v) is 6.41. The molecule has 0 aliphatic carbocycles. The van der Waals surface area contributed by atoms with Gasteiger partial charge < -0.3 is 0 Å². The summed E-state index contributed by atoms with van der Waals surface area (Å²) in [6, 6.07) is 9.53. The van der Waals surface area contributed by atoms with Gasteiger partial charge in [0.05, 0.1) is 11.6 Å². The first-order chi connectivity index (χ1) is 8.60. The number of hydrogen-bond acceptors (Lipinski definition) is 4. The Bertz CT molecular complexity index is 589. The average molecular weight is 255 g/mol. The molecule has 0 unspecified atom stereocenters. The normalized spacial score (nSPS) is 10.1. The molecule has 0 spiro atoms. The average Bonchev–Trinajstić information content (AvgIpc) is 2.37. The van der Waals surface area contributed by atoms with Gasteiger partial charge in [-0.1, -0.05) is 0 Å². The Balaban J connectivity index is 2.26. The Morgan fingerprint density at radius 1 is 1.00 bits per heavy atom. The Kier molecular flexibility index (Phi) is 3.63. The number of nitriles is 1. The van der Waals surface area contributed by atoms with Crippen molar-refractivity contribution in [3.63, 3.8) is 0 Å². The maximum Gasteiger partial charge on any atom is 0.192 e. The second-order valence-electron chi connectivity index (χ2n) is 4.04. The topological polar surface area (TPSA) is 49.6 Å². The zero-order valence-corrected chi connectivity index (χ0v) is 11.4. The van der Waals surface area contributed by atoms with E-state index in [2.05, 4.69) is 16.0 Å². The first kappa shape index (κ1) is 12.6. The SMILES string of the molecule is Cc1nc(Sc2ccc(C#N)cc2)nc(C)c1C. The van der Waals surface area contributed by atoms with Crippen LogP contribution in [0.1, 0.15) is 22.5 Å². The van der Waals surface area contributed by atoms with Crippen molar-refractivity contribution in [1.29, 1.82) is 5.26 Å². The smallest absolute Gasteiger partial charge is 0.192 e. The summed E-state index contributed by atoms with van der Waals surface area (Å²) in [5.74, 6) is 0. The van der Waals surface area contributed by atoms with Gasteiger partial charge in [-0.3, -0.25) is 0 Å². The van der Waals surface area contributed by atoms with Crippen LogP contribution in [0, 0.1) is 32.1 Å². The maximum absolute atomic E-state index is 8.74. The summed E-state index contributed by atoms with van der Waals surface area (Å²) in [5, 5.41) is 9.49. The van der Waals surface area contributed by atoms with Crippen LogP contribution in [0.2, 0.25) is 0 Å². The van der Waals surface area contributed by atoms with Crippen molar-refractivity contribution in [3.8, 4) is 6.07 Å². The third-order valence-corrected chi connectivity index (χ3v) is 3.68. The van der Waals surface area contributed by atoms with Crippen molar-refractivity contribution in [1.82, 2.24) is 9.97 Å². The van der Waals surface area contributed by atoms with E-state index in [1.807, 2.05) is 32.9 Å². The molecule has 0 atom stereocenters. The molecule has 0 fully saturated rings. The Labute approximate surface area is 111 Å². The Hall–Kier alpha value is -1.86. The van der Waals surface area contributed by atoms with E-state index >= 15 is 0 Å². The lowest BCUT2D eigenvalue weighted by atomic mass is 10.2. The van der Waals surface area contributed by atoms with Gasteiger partial charge in [0.2, 0.25) is 0 Å². The van der Waals surface area contributed by atoms with Crippen molar-refractivity contribution in [3.05, 3.63) is 46.8 Å². The van der Waals surface area contributed by atoms with Crippen molar-refractivity contribution < 1.29 is 0 Å². The number of aryl methyl sites for hydroxylation is 2. The molecular formula is C14H13N3S. The van der Waals surface area contributed by atoms with E-state index in [0.29, 0.717) is 5.56 Å². The molecule has 0 saturated carbocycles. The van der Waals surface area contributed by atoms with E-state index < -0.39 is 0 Å². The molecular weight excluding hydrogens is 242 g/mol. The standard InChI is InChI=1S/C14H13N3S/c1-9-10(2)16-14(17-11(9)3)18-13-6-4-12(8-15)5-7-13/h4-7H,1-3H3. The van der Waals surface area contributed by atoms with Crippen LogP contribution in [0.5, 0.6) is 0 Å². The summed E-state index contributed by atoms with van der Waals surface area (Å²) >= 11 is 1.51. The third kappa shape index (κ3) is 2.69. The summed E-state index contributed by atoms with van der Waals surface area (Å²) in [6.07, 6.45) is 0. The monoisotopic (exact) mass is 255 g/mol. The van der Waals surface area contributed by atoms with Gasteiger partial charge in [0.1, 0.15) is 0 Å². The van der Waals surface area contributed by atoms with Crippen molar-refractivity contribution in [2.45, 2.75) is 30.8 Å². The zero-order chi connectivity index (χ0) is 13.1. The van der Waals surface area contributed by atoms with Crippen LogP contribution in [-0.4, -0.2) is 9.97 Å². The number of nitrogens with zero attached hydrogens (tertiary/aromatic N) is 3. The Morgan fingerprint density at radius 2 is 1.56 bits per heavy atom. The van der Waals surface area contributed by atoms with Gasteiger partial charge in [-0.15, -0.1) is 0 Å². The molecule has 3 nitrogen and oxygen atoms in total. The largest absolute Gasteiger partial charge is 0.227 e. The fourth-order valence-electron chi connectivity index (χ4n) is 1.49. The molecule has 0 aliphatic rings.